The fourth-order valence-corrected chi connectivity index (χ4v) is 4.98. The van der Waals surface area contributed by atoms with Crippen molar-refractivity contribution in [1.82, 2.24) is 24.7 Å². The van der Waals surface area contributed by atoms with Gasteiger partial charge in [-0.15, -0.1) is 5.10 Å². The zero-order valence-corrected chi connectivity index (χ0v) is 19.3. The third-order valence-corrected chi connectivity index (χ3v) is 6.68. The third-order valence-electron chi connectivity index (χ3n) is 6.37. The van der Waals surface area contributed by atoms with E-state index in [1.54, 1.807) is 17.1 Å². The summed E-state index contributed by atoms with van der Waals surface area (Å²) in [5.41, 5.74) is 0.997. The van der Waals surface area contributed by atoms with Crippen molar-refractivity contribution in [1.29, 1.82) is 0 Å². The number of rotatable bonds is 6. The van der Waals surface area contributed by atoms with E-state index in [9.17, 15) is 0 Å². The van der Waals surface area contributed by atoms with Crippen LogP contribution in [-0.4, -0.2) is 43.9 Å². The first kappa shape index (κ1) is 21.0. The monoisotopic (exact) mass is 453 g/mol. The molecule has 3 atom stereocenters. The zero-order valence-electron chi connectivity index (χ0n) is 18.6. The Kier molecular flexibility index (Phi) is 5.63. The first-order valence-corrected chi connectivity index (χ1v) is 11.5. The second-order valence-corrected chi connectivity index (χ2v) is 9.39. The highest BCUT2D eigenvalue weighted by Gasteiger charge is 2.43. The molecular formula is C23H28ClN7O. The summed E-state index contributed by atoms with van der Waals surface area (Å²) < 4.78 is 7.82. The number of piperidine rings is 1. The second-order valence-electron chi connectivity index (χ2n) is 8.98. The minimum absolute atomic E-state index is 0.107. The van der Waals surface area contributed by atoms with E-state index in [-0.39, 0.29) is 6.04 Å². The van der Waals surface area contributed by atoms with Crippen LogP contribution >= 0.6 is 11.6 Å². The number of hydrogen-bond donors (Lipinski definition) is 1. The molecule has 8 nitrogen and oxygen atoms in total. The minimum atomic E-state index is 0.107. The highest BCUT2D eigenvalue weighted by atomic mass is 35.5. The molecule has 2 aliphatic rings. The van der Waals surface area contributed by atoms with Crippen LogP contribution in [0, 0.1) is 18.8 Å². The van der Waals surface area contributed by atoms with Gasteiger partial charge in [-0.3, -0.25) is 0 Å². The summed E-state index contributed by atoms with van der Waals surface area (Å²) in [4.78, 5) is 15.8. The Morgan fingerprint density at radius 3 is 2.56 bits per heavy atom. The van der Waals surface area contributed by atoms with Gasteiger partial charge in [0.15, 0.2) is 0 Å². The van der Waals surface area contributed by atoms with Crippen molar-refractivity contribution in [2.75, 3.05) is 23.3 Å². The maximum Gasteiger partial charge on any atom is 0.322 e. The highest BCUT2D eigenvalue weighted by Crippen LogP contribution is 2.40. The average molecular weight is 454 g/mol. The van der Waals surface area contributed by atoms with Crippen molar-refractivity contribution < 1.29 is 4.74 Å². The molecule has 0 radical (unpaired) electrons. The van der Waals surface area contributed by atoms with Crippen molar-refractivity contribution in [3.05, 3.63) is 47.4 Å². The zero-order chi connectivity index (χ0) is 22.2. The molecule has 3 aromatic rings. The van der Waals surface area contributed by atoms with Gasteiger partial charge in [-0.1, -0.05) is 23.7 Å². The third kappa shape index (κ3) is 4.11. The van der Waals surface area contributed by atoms with Crippen molar-refractivity contribution in [3.63, 3.8) is 0 Å². The van der Waals surface area contributed by atoms with Gasteiger partial charge in [-0.2, -0.15) is 4.98 Å². The van der Waals surface area contributed by atoms with Crippen LogP contribution in [0.15, 0.2) is 36.7 Å². The molecule has 2 fully saturated rings. The van der Waals surface area contributed by atoms with Crippen LogP contribution in [-0.2, 0) is 0 Å². The molecule has 32 heavy (non-hydrogen) atoms. The Balaban J connectivity index is 1.33. The molecule has 0 unspecified atom stereocenters. The van der Waals surface area contributed by atoms with E-state index < -0.39 is 0 Å². The molecule has 1 saturated carbocycles. The topological polar surface area (TPSA) is 81.0 Å². The minimum Gasteiger partial charge on any atom is -0.423 e. The van der Waals surface area contributed by atoms with Gasteiger partial charge < -0.3 is 15.0 Å². The Morgan fingerprint density at radius 2 is 1.88 bits per heavy atom. The lowest BCUT2D eigenvalue weighted by atomic mass is 9.92. The SMILES string of the molecule is Cc1cc(N2C[C@H]3CC[C@@H](C2)[C@@H]3Nc2nc(Oc3ccccc3Cl)n(C(C)C)n2)ncn1. The fourth-order valence-electron chi connectivity index (χ4n) is 4.81. The molecule has 2 aromatic heterocycles. The van der Waals surface area contributed by atoms with Crippen molar-refractivity contribution in [2.45, 2.75) is 45.7 Å². The van der Waals surface area contributed by atoms with E-state index in [1.807, 2.05) is 25.1 Å². The maximum atomic E-state index is 6.28. The van der Waals surface area contributed by atoms with Crippen LogP contribution in [0.25, 0.3) is 0 Å². The second kappa shape index (κ2) is 8.58. The number of nitrogens with one attached hydrogen (secondary N) is 1. The Hall–Kier alpha value is -2.87. The standard InChI is InChI=1S/C23H28ClN7O/c1-14(2)31-23(32-19-7-5-4-6-18(19)24)28-22(29-31)27-21-16-8-9-17(21)12-30(11-16)20-10-15(3)25-13-26-20/h4-7,10,13-14,16-17,21H,8-9,11-12H2,1-3H3,(H,27,29)/t16-,17+,21-. The molecule has 5 rings (SSSR count). The Bertz CT molecular complexity index is 1090. The molecule has 2 bridgehead atoms. The van der Waals surface area contributed by atoms with E-state index in [4.69, 9.17) is 21.4 Å². The fraction of sp³-hybridized carbons (Fsp3) is 0.478. The summed E-state index contributed by atoms with van der Waals surface area (Å²) >= 11 is 6.28. The van der Waals surface area contributed by atoms with E-state index in [1.165, 1.54) is 12.8 Å². The molecule has 0 spiro atoms. The van der Waals surface area contributed by atoms with Crippen LogP contribution in [0.3, 0.4) is 0 Å². The number of ether oxygens (including phenoxy) is 1. The predicted octanol–water partition coefficient (Wildman–Crippen LogP) is 4.73. The Morgan fingerprint density at radius 1 is 1.12 bits per heavy atom. The smallest absolute Gasteiger partial charge is 0.322 e. The first-order chi connectivity index (χ1) is 15.5. The van der Waals surface area contributed by atoms with E-state index >= 15 is 0 Å². The van der Waals surface area contributed by atoms with Crippen LogP contribution in [0.2, 0.25) is 5.02 Å². The van der Waals surface area contributed by atoms with Gasteiger partial charge in [-0.05, 0) is 57.6 Å². The van der Waals surface area contributed by atoms with Crippen molar-refractivity contribution in [2.24, 2.45) is 11.8 Å². The number of fused-ring (bicyclic) bond motifs is 2. The largest absolute Gasteiger partial charge is 0.423 e. The quantitative estimate of drug-likeness (QED) is 0.577. The van der Waals surface area contributed by atoms with Crippen LogP contribution in [0.1, 0.15) is 38.4 Å². The van der Waals surface area contributed by atoms with Gasteiger partial charge in [-0.25, -0.2) is 14.6 Å². The highest BCUT2D eigenvalue weighted by molar-refractivity contribution is 6.32. The van der Waals surface area contributed by atoms with E-state index in [0.29, 0.717) is 40.6 Å². The molecule has 1 saturated heterocycles. The van der Waals surface area contributed by atoms with Gasteiger partial charge in [0.05, 0.1) is 11.1 Å². The van der Waals surface area contributed by atoms with Crippen molar-refractivity contribution in [3.8, 4) is 11.8 Å². The molecule has 1 N–H and O–H groups in total. The molecule has 168 valence electrons. The molecule has 1 aromatic carbocycles. The number of para-hydroxylation sites is 1. The molecule has 1 aliphatic heterocycles. The molecule has 0 amide bonds. The summed E-state index contributed by atoms with van der Waals surface area (Å²) in [6, 6.07) is 10.4. The van der Waals surface area contributed by atoms with Crippen LogP contribution in [0.5, 0.6) is 11.8 Å². The molecular weight excluding hydrogens is 426 g/mol. The maximum absolute atomic E-state index is 6.28. The summed E-state index contributed by atoms with van der Waals surface area (Å²) in [5, 5.41) is 8.88. The lowest BCUT2D eigenvalue weighted by Crippen LogP contribution is -2.48. The normalized spacial score (nSPS) is 22.4. The van der Waals surface area contributed by atoms with E-state index in [2.05, 4.69) is 45.1 Å². The first-order valence-electron chi connectivity index (χ1n) is 11.2. The van der Waals surface area contributed by atoms with Crippen LogP contribution in [0.4, 0.5) is 11.8 Å². The molecule has 9 heteroatoms. The number of anilines is 2. The van der Waals surface area contributed by atoms with Gasteiger partial charge in [0.1, 0.15) is 17.9 Å². The molecule has 3 heterocycles. The van der Waals surface area contributed by atoms with Gasteiger partial charge in [0.25, 0.3) is 0 Å². The summed E-state index contributed by atoms with van der Waals surface area (Å²) in [6.45, 7) is 8.07. The van der Waals surface area contributed by atoms with Gasteiger partial charge in [0, 0.05) is 30.9 Å². The lowest BCUT2D eigenvalue weighted by molar-refractivity contribution is 0.373. The summed E-state index contributed by atoms with van der Waals surface area (Å²) in [5.74, 6) is 3.23. The number of aryl methyl sites for hydroxylation is 1. The lowest BCUT2D eigenvalue weighted by Gasteiger charge is -2.38. The summed E-state index contributed by atoms with van der Waals surface area (Å²) in [7, 11) is 0. The van der Waals surface area contributed by atoms with Crippen LogP contribution < -0.4 is 15.0 Å². The Labute approximate surface area is 193 Å². The predicted molar refractivity (Wildman–Crippen MR) is 125 cm³/mol. The average Bonchev–Trinajstić information content (AvgIpc) is 3.26. The summed E-state index contributed by atoms with van der Waals surface area (Å²) in [6.07, 6.45) is 4.04. The molecule has 1 aliphatic carbocycles. The van der Waals surface area contributed by atoms with Gasteiger partial charge >= 0.3 is 6.01 Å². The van der Waals surface area contributed by atoms with Gasteiger partial charge in [0.2, 0.25) is 5.95 Å². The number of halogens is 1. The number of hydrogen-bond acceptors (Lipinski definition) is 7. The number of benzene rings is 1. The number of aromatic nitrogens is 5. The van der Waals surface area contributed by atoms with Crippen molar-refractivity contribution >= 4 is 23.4 Å². The van der Waals surface area contributed by atoms with E-state index in [0.717, 1.165) is 24.6 Å². The number of nitrogens with zero attached hydrogens (tertiary/aromatic N) is 6.